The van der Waals surface area contributed by atoms with E-state index in [2.05, 4.69) is 29.1 Å². The lowest BCUT2D eigenvalue weighted by atomic mass is 10.1. The van der Waals surface area contributed by atoms with E-state index in [0.29, 0.717) is 12.2 Å². The van der Waals surface area contributed by atoms with E-state index < -0.39 is 0 Å². The summed E-state index contributed by atoms with van der Waals surface area (Å²) in [6, 6.07) is 0.521. The Morgan fingerprint density at radius 3 is 2.57 bits per heavy atom. The molecule has 0 aromatic carbocycles. The van der Waals surface area contributed by atoms with Gasteiger partial charge in [0.15, 0.2) is 0 Å². The van der Waals surface area contributed by atoms with Gasteiger partial charge in [-0.2, -0.15) is 0 Å². The second-order valence-corrected chi connectivity index (χ2v) is 4.40. The van der Waals surface area contributed by atoms with Crippen LogP contribution in [-0.4, -0.2) is 68.3 Å². The molecule has 4 nitrogen and oxygen atoms in total. The van der Waals surface area contributed by atoms with Crippen LogP contribution in [-0.2, 0) is 0 Å². The van der Waals surface area contributed by atoms with Crippen molar-refractivity contribution in [3.8, 4) is 0 Å². The third-order valence-corrected chi connectivity index (χ3v) is 3.25. The Balaban J connectivity index is 1.87. The van der Waals surface area contributed by atoms with Crippen LogP contribution in [0.25, 0.3) is 0 Å². The average molecular weight is 197 g/mol. The number of piperazine rings is 2. The second-order valence-electron chi connectivity index (χ2n) is 4.40. The molecule has 2 fully saturated rings. The van der Waals surface area contributed by atoms with E-state index in [-0.39, 0.29) is 0 Å². The van der Waals surface area contributed by atoms with Gasteiger partial charge in [0.05, 0.1) is 6.17 Å². The largest absolute Gasteiger partial charge is 0.310 e. The van der Waals surface area contributed by atoms with Crippen LogP contribution in [0.4, 0.5) is 0 Å². The first kappa shape index (κ1) is 10.4. The Morgan fingerprint density at radius 2 is 1.93 bits per heavy atom. The Kier molecular flexibility index (Phi) is 3.38. The van der Waals surface area contributed by atoms with Gasteiger partial charge in [0.2, 0.25) is 0 Å². The maximum Gasteiger partial charge on any atom is 0.0914 e. The maximum atomic E-state index is 4.70. The van der Waals surface area contributed by atoms with E-state index in [9.17, 15) is 0 Å². The van der Waals surface area contributed by atoms with Gasteiger partial charge in [-0.3, -0.25) is 4.90 Å². The number of nitrogens with zero attached hydrogens (tertiary/aromatic N) is 3. The first-order chi connectivity index (χ1) is 6.77. The first-order valence-electron chi connectivity index (χ1n) is 5.60. The Morgan fingerprint density at radius 1 is 1.21 bits per heavy atom. The zero-order chi connectivity index (χ0) is 9.97. The summed E-state index contributed by atoms with van der Waals surface area (Å²) in [5.74, 6) is 0. The molecule has 2 unspecified atom stereocenters. The molecule has 2 aliphatic heterocycles. The highest BCUT2D eigenvalue weighted by molar-refractivity contribution is 4.86. The van der Waals surface area contributed by atoms with E-state index in [1.165, 1.54) is 13.1 Å². The molecule has 1 radical (unpaired) electrons. The van der Waals surface area contributed by atoms with Gasteiger partial charge < -0.3 is 10.2 Å². The molecular weight excluding hydrogens is 176 g/mol. The van der Waals surface area contributed by atoms with E-state index in [1.807, 2.05) is 0 Å². The fourth-order valence-corrected chi connectivity index (χ4v) is 2.27. The van der Waals surface area contributed by atoms with Gasteiger partial charge in [-0.25, -0.2) is 5.32 Å². The minimum Gasteiger partial charge on any atom is -0.310 e. The third kappa shape index (κ3) is 2.25. The molecule has 0 bridgehead atoms. The van der Waals surface area contributed by atoms with E-state index in [1.54, 1.807) is 0 Å². The van der Waals surface area contributed by atoms with Crippen LogP contribution in [0.5, 0.6) is 0 Å². The third-order valence-electron chi connectivity index (χ3n) is 3.25. The summed E-state index contributed by atoms with van der Waals surface area (Å²) in [6.07, 6.45) is 0.414. The number of likely N-dealkylation sites (N-methyl/N-ethyl adjacent to an activating group) is 1. The molecule has 0 aromatic rings. The highest BCUT2D eigenvalue weighted by Gasteiger charge is 2.29. The van der Waals surface area contributed by atoms with Crippen molar-refractivity contribution in [3.05, 3.63) is 0 Å². The fraction of sp³-hybridized carbons (Fsp3) is 1.00. The van der Waals surface area contributed by atoms with Crippen LogP contribution >= 0.6 is 0 Å². The lowest BCUT2D eigenvalue weighted by molar-refractivity contribution is 0.0633. The van der Waals surface area contributed by atoms with Crippen LogP contribution in [0.15, 0.2) is 0 Å². The molecule has 0 aliphatic carbocycles. The summed E-state index contributed by atoms with van der Waals surface area (Å²) in [4.78, 5) is 4.90. The molecule has 0 aromatic heterocycles. The van der Waals surface area contributed by atoms with Crippen LogP contribution in [0.2, 0.25) is 0 Å². The van der Waals surface area contributed by atoms with Gasteiger partial charge >= 0.3 is 0 Å². The van der Waals surface area contributed by atoms with Crippen molar-refractivity contribution in [1.29, 1.82) is 0 Å². The molecule has 81 valence electrons. The van der Waals surface area contributed by atoms with Crippen molar-refractivity contribution >= 4 is 0 Å². The molecular formula is C10H21N4. The van der Waals surface area contributed by atoms with Gasteiger partial charge in [0.1, 0.15) is 0 Å². The summed E-state index contributed by atoms with van der Waals surface area (Å²) < 4.78 is 0. The standard InChI is InChI=1S/C10H21N4/c1-9-10(12-4-3-11-9)14-7-5-13(2)6-8-14/h9-11H,3-8H2,1-2H3. The Hall–Kier alpha value is -0.160. The maximum absolute atomic E-state index is 4.70. The van der Waals surface area contributed by atoms with Crippen LogP contribution in [0.1, 0.15) is 6.92 Å². The Bertz CT molecular complexity index is 177. The number of nitrogens with one attached hydrogen (secondary N) is 1. The molecule has 2 heterocycles. The fourth-order valence-electron chi connectivity index (χ4n) is 2.27. The highest BCUT2D eigenvalue weighted by Crippen LogP contribution is 2.09. The van der Waals surface area contributed by atoms with Gasteiger partial charge in [-0.15, -0.1) is 0 Å². The van der Waals surface area contributed by atoms with Gasteiger partial charge in [-0.05, 0) is 14.0 Å². The van der Waals surface area contributed by atoms with E-state index in [4.69, 9.17) is 5.32 Å². The number of hydrogen-bond donors (Lipinski definition) is 1. The summed E-state index contributed by atoms with van der Waals surface area (Å²) in [6.45, 7) is 8.95. The normalized spacial score (nSPS) is 37.3. The summed E-state index contributed by atoms with van der Waals surface area (Å²) >= 11 is 0. The summed E-state index contributed by atoms with van der Waals surface area (Å²) in [7, 11) is 2.19. The van der Waals surface area contributed by atoms with Crippen LogP contribution < -0.4 is 10.6 Å². The second kappa shape index (κ2) is 4.57. The zero-order valence-electron chi connectivity index (χ0n) is 9.24. The molecule has 2 saturated heterocycles. The van der Waals surface area contributed by atoms with Gasteiger partial charge in [-0.1, -0.05) is 0 Å². The number of hydrogen-bond acceptors (Lipinski definition) is 3. The molecule has 4 heteroatoms. The minimum atomic E-state index is 0.414. The number of rotatable bonds is 1. The smallest absolute Gasteiger partial charge is 0.0914 e. The molecule has 2 aliphatic rings. The topological polar surface area (TPSA) is 32.6 Å². The average Bonchev–Trinajstić information content (AvgIpc) is 2.20. The quantitative estimate of drug-likeness (QED) is 0.595. The molecule has 2 atom stereocenters. The van der Waals surface area contributed by atoms with Crippen molar-refractivity contribution in [2.45, 2.75) is 19.1 Å². The predicted molar refractivity (Wildman–Crippen MR) is 57.3 cm³/mol. The van der Waals surface area contributed by atoms with Crippen molar-refractivity contribution in [2.75, 3.05) is 46.3 Å². The Labute approximate surface area is 86.6 Å². The summed E-state index contributed by atoms with van der Waals surface area (Å²) in [5.41, 5.74) is 0. The predicted octanol–water partition coefficient (Wildman–Crippen LogP) is -0.844. The molecule has 2 rings (SSSR count). The van der Waals surface area contributed by atoms with E-state index >= 15 is 0 Å². The summed E-state index contributed by atoms with van der Waals surface area (Å²) in [5, 5.41) is 8.20. The molecule has 1 N–H and O–H groups in total. The van der Waals surface area contributed by atoms with Crippen molar-refractivity contribution in [1.82, 2.24) is 20.4 Å². The molecule has 0 saturated carbocycles. The van der Waals surface area contributed by atoms with Crippen molar-refractivity contribution in [2.24, 2.45) is 0 Å². The molecule has 0 amide bonds. The van der Waals surface area contributed by atoms with Crippen LogP contribution in [0, 0.1) is 0 Å². The molecule has 14 heavy (non-hydrogen) atoms. The van der Waals surface area contributed by atoms with Crippen molar-refractivity contribution in [3.63, 3.8) is 0 Å². The zero-order valence-corrected chi connectivity index (χ0v) is 9.24. The van der Waals surface area contributed by atoms with Gasteiger partial charge in [0, 0.05) is 45.3 Å². The van der Waals surface area contributed by atoms with Crippen LogP contribution in [0.3, 0.4) is 0 Å². The SMILES string of the molecule is CC1NCC[N]C1N1CCN(C)CC1. The first-order valence-corrected chi connectivity index (χ1v) is 5.60. The highest BCUT2D eigenvalue weighted by atomic mass is 15.4. The molecule has 0 spiro atoms. The van der Waals surface area contributed by atoms with Gasteiger partial charge in [0.25, 0.3) is 0 Å². The van der Waals surface area contributed by atoms with E-state index in [0.717, 1.165) is 26.2 Å². The monoisotopic (exact) mass is 197 g/mol. The lowest BCUT2D eigenvalue weighted by Crippen LogP contribution is -2.62. The lowest BCUT2D eigenvalue weighted by Gasteiger charge is -2.42. The van der Waals surface area contributed by atoms with Crippen molar-refractivity contribution < 1.29 is 0 Å². The minimum absolute atomic E-state index is 0.414.